The molecule has 0 radical (unpaired) electrons. The standard InChI is InChI=1S/C20H15F7N2O3S/c21-18(22)31-13-2-1-11(8-14(13)32-19(23)24)12(7-10-3-5-28-6-4-10)15-9-29-17(33-15)16(30)20(25,26)27/h1-6,8-9,12,16,18-19,30H,7H2. The molecule has 0 amide bonds. The molecule has 5 nitrogen and oxygen atoms in total. The van der Waals surface area contributed by atoms with E-state index in [9.17, 15) is 35.8 Å². The molecule has 3 aromatic rings. The summed E-state index contributed by atoms with van der Waals surface area (Å²) in [5.74, 6) is -2.03. The number of halogens is 7. The number of aliphatic hydroxyl groups excluding tert-OH is 1. The van der Waals surface area contributed by atoms with Gasteiger partial charge in [0.05, 0.1) is 0 Å². The largest absolute Gasteiger partial charge is 0.431 e. The first kappa shape index (κ1) is 24.7. The van der Waals surface area contributed by atoms with Crippen LogP contribution in [-0.4, -0.2) is 34.5 Å². The number of ether oxygens (including phenoxy) is 2. The van der Waals surface area contributed by atoms with Crippen molar-refractivity contribution in [2.75, 3.05) is 0 Å². The maximum Gasteiger partial charge on any atom is 0.420 e. The summed E-state index contributed by atoms with van der Waals surface area (Å²) in [5.41, 5.74) is 0.964. The third-order valence-corrected chi connectivity index (χ3v) is 5.58. The number of alkyl halides is 7. The molecule has 33 heavy (non-hydrogen) atoms. The molecule has 0 aliphatic heterocycles. The van der Waals surface area contributed by atoms with Crippen LogP contribution in [0.3, 0.4) is 0 Å². The van der Waals surface area contributed by atoms with E-state index in [4.69, 9.17) is 0 Å². The van der Waals surface area contributed by atoms with Crippen molar-refractivity contribution in [3.63, 3.8) is 0 Å². The number of aromatic nitrogens is 2. The summed E-state index contributed by atoms with van der Waals surface area (Å²) >= 11 is 0.588. The lowest BCUT2D eigenvalue weighted by Gasteiger charge is -2.19. The van der Waals surface area contributed by atoms with Crippen LogP contribution < -0.4 is 9.47 Å². The second-order valence-corrected chi connectivity index (χ2v) is 7.71. The normalized spacial score (nSPS) is 13.9. The third kappa shape index (κ3) is 6.54. The molecule has 0 aliphatic rings. The molecule has 0 bridgehead atoms. The number of hydrogen-bond donors (Lipinski definition) is 1. The highest BCUT2D eigenvalue weighted by molar-refractivity contribution is 7.11. The zero-order valence-corrected chi connectivity index (χ0v) is 17.2. The lowest BCUT2D eigenvalue weighted by molar-refractivity contribution is -0.206. The maximum atomic E-state index is 12.9. The van der Waals surface area contributed by atoms with Crippen LogP contribution in [0.2, 0.25) is 0 Å². The van der Waals surface area contributed by atoms with Crippen LogP contribution in [0, 0.1) is 0 Å². The highest BCUT2D eigenvalue weighted by Gasteiger charge is 2.41. The zero-order valence-electron chi connectivity index (χ0n) is 16.3. The topological polar surface area (TPSA) is 64.5 Å². The highest BCUT2D eigenvalue weighted by Crippen LogP contribution is 2.41. The van der Waals surface area contributed by atoms with Crippen LogP contribution in [0.25, 0.3) is 0 Å². The van der Waals surface area contributed by atoms with Gasteiger partial charge in [-0.05, 0) is 41.8 Å². The Kier molecular flexibility index (Phi) is 7.74. The van der Waals surface area contributed by atoms with Gasteiger partial charge in [-0.3, -0.25) is 4.98 Å². The summed E-state index contributed by atoms with van der Waals surface area (Å²) in [4.78, 5) is 7.81. The van der Waals surface area contributed by atoms with E-state index in [2.05, 4.69) is 19.4 Å². The number of benzene rings is 1. The Labute approximate surface area is 186 Å². The second-order valence-electron chi connectivity index (χ2n) is 6.62. The summed E-state index contributed by atoms with van der Waals surface area (Å²) in [6.45, 7) is -6.63. The van der Waals surface area contributed by atoms with Gasteiger partial charge in [0.25, 0.3) is 0 Å². The second kappa shape index (κ2) is 10.3. The van der Waals surface area contributed by atoms with Gasteiger partial charge in [-0.1, -0.05) is 6.07 Å². The molecule has 0 fully saturated rings. The molecule has 2 heterocycles. The minimum absolute atomic E-state index is 0.176. The third-order valence-electron chi connectivity index (χ3n) is 4.42. The van der Waals surface area contributed by atoms with Crippen molar-refractivity contribution in [2.24, 2.45) is 0 Å². The van der Waals surface area contributed by atoms with Crippen molar-refractivity contribution in [2.45, 2.75) is 37.8 Å². The molecule has 3 rings (SSSR count). The van der Waals surface area contributed by atoms with Gasteiger partial charge < -0.3 is 14.6 Å². The van der Waals surface area contributed by atoms with Crippen molar-refractivity contribution in [1.29, 1.82) is 0 Å². The van der Waals surface area contributed by atoms with Crippen LogP contribution in [0.1, 0.15) is 33.0 Å². The van der Waals surface area contributed by atoms with Gasteiger partial charge in [0.15, 0.2) is 11.5 Å². The molecule has 1 aromatic carbocycles. The Hall–Kier alpha value is -2.93. The molecule has 2 unspecified atom stereocenters. The van der Waals surface area contributed by atoms with E-state index in [-0.39, 0.29) is 16.9 Å². The van der Waals surface area contributed by atoms with Gasteiger partial charge in [0.1, 0.15) is 5.01 Å². The van der Waals surface area contributed by atoms with Crippen LogP contribution >= 0.6 is 11.3 Å². The Balaban J connectivity index is 2.04. The Morgan fingerprint density at radius 1 is 0.939 bits per heavy atom. The van der Waals surface area contributed by atoms with Crippen molar-refractivity contribution in [3.05, 3.63) is 69.9 Å². The van der Waals surface area contributed by atoms with E-state index < -0.39 is 47.9 Å². The van der Waals surface area contributed by atoms with Crippen molar-refractivity contribution < 1.29 is 45.3 Å². The first-order valence-electron chi connectivity index (χ1n) is 9.17. The number of hydrogen-bond acceptors (Lipinski definition) is 6. The van der Waals surface area contributed by atoms with E-state index in [1.807, 2.05) is 0 Å². The van der Waals surface area contributed by atoms with Crippen LogP contribution in [0.15, 0.2) is 48.9 Å². The lowest BCUT2D eigenvalue weighted by Crippen LogP contribution is -2.19. The Morgan fingerprint density at radius 2 is 1.58 bits per heavy atom. The molecule has 0 saturated carbocycles. The minimum Gasteiger partial charge on any atom is -0.431 e. The van der Waals surface area contributed by atoms with E-state index in [1.54, 1.807) is 12.1 Å². The monoisotopic (exact) mass is 496 g/mol. The summed E-state index contributed by atoms with van der Waals surface area (Å²) in [5, 5.41) is 8.90. The molecule has 0 spiro atoms. The van der Waals surface area contributed by atoms with Gasteiger partial charge >= 0.3 is 19.4 Å². The molecule has 0 aliphatic carbocycles. The summed E-state index contributed by atoms with van der Waals surface area (Å²) in [7, 11) is 0. The SMILES string of the molecule is OC(c1ncc(C(Cc2ccncc2)c2ccc(OC(F)F)c(OC(F)F)c2)s1)C(F)(F)F. The Morgan fingerprint density at radius 3 is 2.18 bits per heavy atom. The molecule has 2 atom stereocenters. The average Bonchev–Trinajstić information content (AvgIpc) is 3.22. The average molecular weight is 496 g/mol. The first-order valence-corrected chi connectivity index (χ1v) is 9.99. The van der Waals surface area contributed by atoms with E-state index in [1.165, 1.54) is 18.5 Å². The van der Waals surface area contributed by atoms with E-state index in [0.29, 0.717) is 16.9 Å². The predicted octanol–water partition coefficient (Wildman–Crippen LogP) is 5.71. The molecule has 0 saturated heterocycles. The number of nitrogens with zero attached hydrogens (tertiary/aromatic N) is 2. The fourth-order valence-corrected chi connectivity index (χ4v) is 4.05. The van der Waals surface area contributed by atoms with Gasteiger partial charge in [0.2, 0.25) is 6.10 Å². The first-order chi connectivity index (χ1) is 15.5. The van der Waals surface area contributed by atoms with Crippen LogP contribution in [0.4, 0.5) is 30.7 Å². The van der Waals surface area contributed by atoms with Crippen molar-refractivity contribution in [3.8, 4) is 11.5 Å². The number of rotatable bonds is 9. The van der Waals surface area contributed by atoms with Gasteiger partial charge in [0, 0.05) is 29.4 Å². The molecule has 178 valence electrons. The van der Waals surface area contributed by atoms with Crippen molar-refractivity contribution in [1.82, 2.24) is 9.97 Å². The smallest absolute Gasteiger partial charge is 0.420 e. The molecule has 13 heteroatoms. The van der Waals surface area contributed by atoms with Gasteiger partial charge in [-0.15, -0.1) is 11.3 Å². The Bertz CT molecular complexity index is 1050. The number of pyridine rings is 1. The fraction of sp³-hybridized carbons (Fsp3) is 0.300. The highest BCUT2D eigenvalue weighted by atomic mass is 32.1. The van der Waals surface area contributed by atoms with E-state index >= 15 is 0 Å². The van der Waals surface area contributed by atoms with Crippen molar-refractivity contribution >= 4 is 11.3 Å². The summed E-state index contributed by atoms with van der Waals surface area (Å²) in [6.07, 6.45) is -3.43. The lowest BCUT2D eigenvalue weighted by atomic mass is 9.91. The fourth-order valence-electron chi connectivity index (χ4n) is 2.99. The maximum absolute atomic E-state index is 12.9. The molecular weight excluding hydrogens is 481 g/mol. The zero-order chi connectivity index (χ0) is 24.2. The molecule has 2 aromatic heterocycles. The molecular formula is C20H15F7N2O3S. The minimum atomic E-state index is -4.93. The number of aliphatic hydroxyl groups is 1. The summed E-state index contributed by atoms with van der Waals surface area (Å²) in [6, 6.07) is 6.65. The predicted molar refractivity (Wildman–Crippen MR) is 103 cm³/mol. The van der Waals surface area contributed by atoms with Crippen LogP contribution in [0.5, 0.6) is 11.5 Å². The van der Waals surface area contributed by atoms with Gasteiger partial charge in [-0.2, -0.15) is 30.7 Å². The quantitative estimate of drug-likeness (QED) is 0.385. The van der Waals surface area contributed by atoms with Crippen LogP contribution in [-0.2, 0) is 6.42 Å². The van der Waals surface area contributed by atoms with Gasteiger partial charge in [-0.25, -0.2) is 4.98 Å². The number of thiazole rings is 1. The van der Waals surface area contributed by atoms with E-state index in [0.717, 1.165) is 18.3 Å². The summed E-state index contributed by atoms with van der Waals surface area (Å²) < 4.78 is 98.1. The molecule has 1 N–H and O–H groups in total.